The molecule has 0 spiro atoms. The number of aliphatic imine (C=N–C) groups is 1. The van der Waals surface area contributed by atoms with E-state index in [1.165, 1.54) is 25.7 Å². The van der Waals surface area contributed by atoms with E-state index < -0.39 is 0 Å². The minimum absolute atomic E-state index is 0.592. The molecule has 0 radical (unpaired) electrons. The molecule has 2 fully saturated rings. The van der Waals surface area contributed by atoms with Gasteiger partial charge in [-0.05, 0) is 25.2 Å². The Morgan fingerprint density at radius 2 is 2.33 bits per heavy atom. The predicted octanol–water partition coefficient (Wildman–Crippen LogP) is 1.06. The number of nitrogens with zero attached hydrogens (tertiary/aromatic N) is 1. The smallest absolute Gasteiger partial charge is 0.114 e. The number of hydrogen-bond donors (Lipinski definition) is 2. The van der Waals surface area contributed by atoms with Gasteiger partial charge in [0, 0.05) is 5.92 Å². The Morgan fingerprint density at radius 1 is 1.58 bits per heavy atom. The first kappa shape index (κ1) is 8.05. The molecule has 0 aromatic heterocycles. The fourth-order valence-electron chi connectivity index (χ4n) is 1.67. The number of amidine groups is 1. The van der Waals surface area contributed by atoms with Crippen molar-refractivity contribution in [2.75, 3.05) is 0 Å². The molecule has 2 atom stereocenters. The molecule has 0 bridgehead atoms. The maximum Gasteiger partial charge on any atom is 0.114 e. The molecule has 0 heterocycles. The van der Waals surface area contributed by atoms with Gasteiger partial charge in [0.05, 0.1) is 6.04 Å². The topological polar surface area (TPSA) is 50.4 Å². The van der Waals surface area contributed by atoms with E-state index in [4.69, 9.17) is 5.84 Å². The molecular weight excluding hydrogens is 150 g/mol. The molecule has 3 heteroatoms. The lowest BCUT2D eigenvalue weighted by Crippen LogP contribution is -2.32. The summed E-state index contributed by atoms with van der Waals surface area (Å²) >= 11 is 0. The Hall–Kier alpha value is -0.570. The average Bonchev–Trinajstić information content (AvgIpc) is 2.95. The van der Waals surface area contributed by atoms with Crippen LogP contribution in [0.4, 0.5) is 0 Å². The first-order valence-electron chi connectivity index (χ1n) is 4.89. The van der Waals surface area contributed by atoms with E-state index in [0.717, 1.165) is 11.8 Å². The van der Waals surface area contributed by atoms with Crippen molar-refractivity contribution >= 4 is 5.84 Å². The quantitative estimate of drug-likeness (QED) is 0.286. The van der Waals surface area contributed by atoms with Crippen LogP contribution in [0, 0.1) is 11.8 Å². The van der Waals surface area contributed by atoms with Crippen LogP contribution in [0.25, 0.3) is 0 Å². The van der Waals surface area contributed by atoms with Crippen LogP contribution in [-0.4, -0.2) is 11.9 Å². The first-order valence-corrected chi connectivity index (χ1v) is 4.89. The second-order valence-corrected chi connectivity index (χ2v) is 3.90. The molecule has 12 heavy (non-hydrogen) atoms. The van der Waals surface area contributed by atoms with Gasteiger partial charge < -0.3 is 5.43 Å². The van der Waals surface area contributed by atoms with E-state index in [-0.39, 0.29) is 0 Å². The summed E-state index contributed by atoms with van der Waals surface area (Å²) in [5, 5.41) is 0. The van der Waals surface area contributed by atoms with Crippen LogP contribution in [0.1, 0.15) is 32.6 Å². The van der Waals surface area contributed by atoms with Gasteiger partial charge in [-0.1, -0.05) is 13.3 Å². The number of nitrogens with one attached hydrogen (secondary N) is 1. The van der Waals surface area contributed by atoms with E-state index in [1.54, 1.807) is 0 Å². The largest absolute Gasteiger partial charge is 0.312 e. The Labute approximate surface area is 73.4 Å². The van der Waals surface area contributed by atoms with Crippen LogP contribution in [0.15, 0.2) is 4.99 Å². The lowest BCUT2D eigenvalue weighted by Gasteiger charge is -2.03. The normalized spacial score (nSPS) is 35.0. The highest BCUT2D eigenvalue weighted by atomic mass is 15.3. The maximum absolute atomic E-state index is 5.43. The van der Waals surface area contributed by atoms with E-state index in [0.29, 0.717) is 12.0 Å². The lowest BCUT2D eigenvalue weighted by atomic mass is 10.2. The van der Waals surface area contributed by atoms with Crippen LogP contribution in [0.5, 0.6) is 0 Å². The molecule has 2 saturated carbocycles. The Morgan fingerprint density at radius 3 is 2.75 bits per heavy atom. The SMILES string of the molecule is CCC1CC1C(=NC1CC1)NN. The molecule has 2 unspecified atom stereocenters. The summed E-state index contributed by atoms with van der Waals surface area (Å²) in [6.07, 6.45) is 5.06. The molecule has 2 rings (SSSR count). The second-order valence-electron chi connectivity index (χ2n) is 3.90. The van der Waals surface area contributed by atoms with Gasteiger partial charge in [-0.25, -0.2) is 5.84 Å². The van der Waals surface area contributed by atoms with Gasteiger partial charge >= 0.3 is 0 Å². The monoisotopic (exact) mass is 167 g/mol. The molecular formula is C9H17N3. The highest BCUT2D eigenvalue weighted by Crippen LogP contribution is 2.42. The summed E-state index contributed by atoms with van der Waals surface area (Å²) in [5.41, 5.74) is 2.75. The number of hydrazine groups is 1. The van der Waals surface area contributed by atoms with E-state index in [1.807, 2.05) is 0 Å². The first-order chi connectivity index (χ1) is 5.85. The molecule has 3 nitrogen and oxygen atoms in total. The standard InChI is InChI=1S/C9H17N3/c1-2-6-5-8(6)9(12-10)11-7-3-4-7/h6-8H,2-5,10H2,1H3,(H,11,12). The van der Waals surface area contributed by atoms with Crippen molar-refractivity contribution in [3.8, 4) is 0 Å². The summed E-state index contributed by atoms with van der Waals surface area (Å²) in [6, 6.07) is 0.592. The van der Waals surface area contributed by atoms with E-state index >= 15 is 0 Å². The van der Waals surface area contributed by atoms with Crippen molar-refractivity contribution < 1.29 is 0 Å². The highest BCUT2D eigenvalue weighted by Gasteiger charge is 2.40. The van der Waals surface area contributed by atoms with Crippen LogP contribution < -0.4 is 11.3 Å². The molecule has 0 aromatic carbocycles. The third-order valence-corrected chi connectivity index (χ3v) is 2.81. The van der Waals surface area contributed by atoms with Crippen molar-refractivity contribution in [2.24, 2.45) is 22.7 Å². The minimum Gasteiger partial charge on any atom is -0.312 e. The van der Waals surface area contributed by atoms with Gasteiger partial charge in [-0.3, -0.25) is 4.99 Å². The zero-order valence-corrected chi connectivity index (χ0v) is 7.59. The predicted molar refractivity (Wildman–Crippen MR) is 49.7 cm³/mol. The average molecular weight is 167 g/mol. The van der Waals surface area contributed by atoms with Gasteiger partial charge in [-0.2, -0.15) is 0 Å². The number of hydrogen-bond acceptors (Lipinski definition) is 2. The Bertz CT molecular complexity index is 196. The second kappa shape index (κ2) is 3.05. The number of nitrogens with two attached hydrogens (primary N) is 1. The molecule has 0 amide bonds. The van der Waals surface area contributed by atoms with Crippen molar-refractivity contribution in [3.63, 3.8) is 0 Å². The fraction of sp³-hybridized carbons (Fsp3) is 0.889. The minimum atomic E-state index is 0.592. The van der Waals surface area contributed by atoms with Gasteiger partial charge in [-0.15, -0.1) is 0 Å². The summed E-state index contributed by atoms with van der Waals surface area (Å²) in [4.78, 5) is 4.55. The van der Waals surface area contributed by atoms with Crippen molar-refractivity contribution in [1.82, 2.24) is 5.43 Å². The summed E-state index contributed by atoms with van der Waals surface area (Å²) in [6.45, 7) is 2.23. The van der Waals surface area contributed by atoms with E-state index in [9.17, 15) is 0 Å². The molecule has 2 aliphatic carbocycles. The third-order valence-electron chi connectivity index (χ3n) is 2.81. The van der Waals surface area contributed by atoms with Gasteiger partial charge in [0.15, 0.2) is 0 Å². The zero-order chi connectivity index (χ0) is 8.55. The van der Waals surface area contributed by atoms with Crippen LogP contribution >= 0.6 is 0 Å². The zero-order valence-electron chi connectivity index (χ0n) is 7.59. The van der Waals surface area contributed by atoms with Crippen LogP contribution in [0.2, 0.25) is 0 Å². The van der Waals surface area contributed by atoms with Gasteiger partial charge in [0.1, 0.15) is 5.84 Å². The van der Waals surface area contributed by atoms with Crippen molar-refractivity contribution in [3.05, 3.63) is 0 Å². The molecule has 0 aliphatic heterocycles. The Kier molecular flexibility index (Phi) is 2.05. The lowest BCUT2D eigenvalue weighted by molar-refractivity contribution is 0.751. The molecule has 3 N–H and O–H groups in total. The van der Waals surface area contributed by atoms with Crippen LogP contribution in [-0.2, 0) is 0 Å². The molecule has 0 aromatic rings. The molecule has 2 aliphatic rings. The molecule has 0 saturated heterocycles. The molecule has 68 valence electrons. The van der Waals surface area contributed by atoms with Crippen molar-refractivity contribution in [1.29, 1.82) is 0 Å². The van der Waals surface area contributed by atoms with Gasteiger partial charge in [0.25, 0.3) is 0 Å². The number of rotatable bonds is 3. The summed E-state index contributed by atoms with van der Waals surface area (Å²) in [7, 11) is 0. The van der Waals surface area contributed by atoms with Crippen molar-refractivity contribution in [2.45, 2.75) is 38.6 Å². The fourth-order valence-corrected chi connectivity index (χ4v) is 1.67. The summed E-state index contributed by atoms with van der Waals surface area (Å²) < 4.78 is 0. The third kappa shape index (κ3) is 1.61. The Balaban J connectivity index is 1.90. The maximum atomic E-state index is 5.43. The van der Waals surface area contributed by atoms with Crippen LogP contribution in [0.3, 0.4) is 0 Å². The van der Waals surface area contributed by atoms with Gasteiger partial charge in [0.2, 0.25) is 0 Å². The highest BCUT2D eigenvalue weighted by molar-refractivity contribution is 5.86. The summed E-state index contributed by atoms with van der Waals surface area (Å²) in [5.74, 6) is 7.98. The van der Waals surface area contributed by atoms with E-state index in [2.05, 4.69) is 17.3 Å².